The largest absolute Gasteiger partial charge is 0.378 e. The fraction of sp³-hybridized carbons (Fsp3) is 0.167. The van der Waals surface area contributed by atoms with Crippen molar-refractivity contribution in [3.8, 4) is 0 Å². The number of halogens is 1. The van der Waals surface area contributed by atoms with Gasteiger partial charge in [0, 0.05) is 11.8 Å². The summed E-state index contributed by atoms with van der Waals surface area (Å²) in [5.74, 6) is -0.0324. The van der Waals surface area contributed by atoms with Gasteiger partial charge in [-0.1, -0.05) is 0 Å². The van der Waals surface area contributed by atoms with E-state index in [4.69, 9.17) is 5.73 Å². The highest BCUT2D eigenvalue weighted by Crippen LogP contribution is 2.17. The predicted octanol–water partition coefficient (Wildman–Crippen LogP) is 1.30. The number of nitrogen functional groups attached to an aromatic ring is 1. The van der Waals surface area contributed by atoms with Crippen LogP contribution in [0.15, 0.2) is 12.1 Å². The Bertz CT molecular complexity index is 303. The second kappa shape index (κ2) is 3.87. The third-order valence-corrected chi connectivity index (χ3v) is 1.24. The minimum atomic E-state index is -0.554. The van der Waals surface area contributed by atoms with Crippen molar-refractivity contribution >= 4 is 23.9 Å². The molecule has 0 aliphatic rings. The number of anilines is 1. The van der Waals surface area contributed by atoms with Crippen LogP contribution in [0.1, 0.15) is 5.69 Å². The molecule has 0 saturated heterocycles. The van der Waals surface area contributed by atoms with Crippen molar-refractivity contribution in [1.29, 1.82) is 0 Å². The highest BCUT2D eigenvalue weighted by atomic mass is 35.5. The average molecular weight is 190 g/mol. The first-order valence-electron chi connectivity index (χ1n) is 2.99. The number of nitro groups is 1. The molecule has 0 unspecified atom stereocenters. The molecule has 0 atom stereocenters. The molecule has 0 saturated carbocycles. The number of aryl methyl sites for hydroxylation is 1. The molecule has 12 heavy (non-hydrogen) atoms. The summed E-state index contributed by atoms with van der Waals surface area (Å²) in [6, 6.07) is 2.90. The molecular formula is C6H8ClN3O2. The van der Waals surface area contributed by atoms with Crippen molar-refractivity contribution < 1.29 is 4.92 Å². The summed E-state index contributed by atoms with van der Waals surface area (Å²) < 4.78 is 0. The number of nitrogens with two attached hydrogens (primary N) is 1. The van der Waals surface area contributed by atoms with Crippen molar-refractivity contribution in [3.63, 3.8) is 0 Å². The molecule has 2 N–H and O–H groups in total. The van der Waals surface area contributed by atoms with Crippen LogP contribution >= 0.6 is 12.4 Å². The minimum absolute atomic E-state index is 0. The Hall–Kier alpha value is -1.36. The van der Waals surface area contributed by atoms with E-state index in [9.17, 15) is 10.1 Å². The van der Waals surface area contributed by atoms with Crippen molar-refractivity contribution in [2.24, 2.45) is 0 Å². The SMILES string of the molecule is Cc1ccc([N+](=O)[O-])c(N)n1.Cl. The molecule has 1 heterocycles. The van der Waals surface area contributed by atoms with E-state index >= 15 is 0 Å². The fourth-order valence-electron chi connectivity index (χ4n) is 0.724. The summed E-state index contributed by atoms with van der Waals surface area (Å²) in [4.78, 5) is 13.4. The first-order valence-corrected chi connectivity index (χ1v) is 2.99. The molecule has 1 aromatic heterocycles. The van der Waals surface area contributed by atoms with Crippen LogP contribution in [0, 0.1) is 17.0 Å². The van der Waals surface area contributed by atoms with E-state index in [0.717, 1.165) is 0 Å². The van der Waals surface area contributed by atoms with Crippen LogP contribution in [0.3, 0.4) is 0 Å². The van der Waals surface area contributed by atoms with Gasteiger partial charge in [0.25, 0.3) is 0 Å². The van der Waals surface area contributed by atoms with Gasteiger partial charge in [0.05, 0.1) is 4.92 Å². The molecule has 1 rings (SSSR count). The molecule has 6 heteroatoms. The Balaban J connectivity index is 0.00000121. The summed E-state index contributed by atoms with van der Waals surface area (Å²) in [7, 11) is 0. The van der Waals surface area contributed by atoms with Gasteiger partial charge in [0.1, 0.15) is 0 Å². The standard InChI is InChI=1S/C6H7N3O2.ClH/c1-4-2-3-5(9(10)11)6(7)8-4;/h2-3H,1H3,(H2,7,8);1H. The van der Waals surface area contributed by atoms with Crippen LogP contribution in [-0.4, -0.2) is 9.91 Å². The predicted molar refractivity (Wildman–Crippen MR) is 47.3 cm³/mol. The molecule has 0 aromatic carbocycles. The topological polar surface area (TPSA) is 82.0 Å². The molecule has 5 nitrogen and oxygen atoms in total. The zero-order valence-corrected chi connectivity index (χ0v) is 7.17. The summed E-state index contributed by atoms with van der Waals surface area (Å²) in [6.45, 7) is 1.72. The van der Waals surface area contributed by atoms with E-state index in [1.807, 2.05) is 0 Å². The van der Waals surface area contributed by atoms with Crippen LogP contribution in [0.4, 0.5) is 11.5 Å². The summed E-state index contributed by atoms with van der Waals surface area (Å²) in [6.07, 6.45) is 0. The number of nitrogens with zero attached hydrogens (tertiary/aromatic N) is 2. The van der Waals surface area contributed by atoms with Gasteiger partial charge in [-0.05, 0) is 13.0 Å². The van der Waals surface area contributed by atoms with Crippen molar-refractivity contribution in [2.75, 3.05) is 5.73 Å². The van der Waals surface area contributed by atoms with Crippen LogP contribution < -0.4 is 5.73 Å². The summed E-state index contributed by atoms with van der Waals surface area (Å²) in [5, 5.41) is 10.2. The zero-order chi connectivity index (χ0) is 8.43. The number of aromatic nitrogens is 1. The molecule has 0 aliphatic carbocycles. The zero-order valence-electron chi connectivity index (χ0n) is 6.35. The number of pyridine rings is 1. The molecule has 0 bridgehead atoms. The van der Waals surface area contributed by atoms with Gasteiger partial charge < -0.3 is 5.73 Å². The van der Waals surface area contributed by atoms with E-state index in [1.165, 1.54) is 6.07 Å². The maximum atomic E-state index is 10.2. The third kappa shape index (κ3) is 2.06. The molecule has 0 radical (unpaired) electrons. The smallest absolute Gasteiger partial charge is 0.311 e. The summed E-state index contributed by atoms with van der Waals surface area (Å²) >= 11 is 0. The molecule has 0 amide bonds. The van der Waals surface area contributed by atoms with Crippen molar-refractivity contribution in [3.05, 3.63) is 27.9 Å². The molecule has 1 aromatic rings. The van der Waals surface area contributed by atoms with Crippen LogP contribution in [-0.2, 0) is 0 Å². The van der Waals surface area contributed by atoms with Gasteiger partial charge in [-0.25, -0.2) is 4.98 Å². The van der Waals surface area contributed by atoms with E-state index in [1.54, 1.807) is 13.0 Å². The van der Waals surface area contributed by atoms with E-state index < -0.39 is 4.92 Å². The van der Waals surface area contributed by atoms with Crippen molar-refractivity contribution in [1.82, 2.24) is 4.98 Å². The van der Waals surface area contributed by atoms with E-state index in [2.05, 4.69) is 4.98 Å². The lowest BCUT2D eigenvalue weighted by Crippen LogP contribution is -1.98. The minimum Gasteiger partial charge on any atom is -0.378 e. The first kappa shape index (κ1) is 10.6. The Kier molecular flexibility index (Phi) is 3.43. The maximum absolute atomic E-state index is 10.2. The number of hydrogen-bond donors (Lipinski definition) is 1. The molecule has 66 valence electrons. The third-order valence-electron chi connectivity index (χ3n) is 1.24. The molecular weight excluding hydrogens is 182 g/mol. The van der Waals surface area contributed by atoms with Crippen molar-refractivity contribution in [2.45, 2.75) is 6.92 Å². The molecule has 0 spiro atoms. The average Bonchev–Trinajstić information content (AvgIpc) is 1.85. The normalized spacial score (nSPS) is 8.75. The van der Waals surface area contributed by atoms with Gasteiger partial charge in [-0.2, -0.15) is 0 Å². The monoisotopic (exact) mass is 189 g/mol. The van der Waals surface area contributed by atoms with Crippen LogP contribution in [0.25, 0.3) is 0 Å². The van der Waals surface area contributed by atoms with Gasteiger partial charge in [-0.15, -0.1) is 12.4 Å². The lowest BCUT2D eigenvalue weighted by atomic mass is 10.3. The highest BCUT2D eigenvalue weighted by molar-refractivity contribution is 5.85. The lowest BCUT2D eigenvalue weighted by Gasteiger charge is -1.95. The quantitative estimate of drug-likeness (QED) is 0.533. The second-order valence-electron chi connectivity index (χ2n) is 2.11. The molecule has 0 fully saturated rings. The Morgan fingerprint density at radius 2 is 2.17 bits per heavy atom. The van der Waals surface area contributed by atoms with Crippen LogP contribution in [0.5, 0.6) is 0 Å². The van der Waals surface area contributed by atoms with E-state index in [0.29, 0.717) is 5.69 Å². The highest BCUT2D eigenvalue weighted by Gasteiger charge is 2.10. The summed E-state index contributed by atoms with van der Waals surface area (Å²) in [5.41, 5.74) is 5.80. The first-order chi connectivity index (χ1) is 5.11. The van der Waals surface area contributed by atoms with Gasteiger partial charge >= 0.3 is 5.69 Å². The molecule has 0 aliphatic heterocycles. The van der Waals surface area contributed by atoms with E-state index in [-0.39, 0.29) is 23.9 Å². The lowest BCUT2D eigenvalue weighted by molar-refractivity contribution is -0.384. The van der Waals surface area contributed by atoms with Gasteiger partial charge in [-0.3, -0.25) is 10.1 Å². The Morgan fingerprint density at radius 3 is 2.58 bits per heavy atom. The number of rotatable bonds is 1. The second-order valence-corrected chi connectivity index (χ2v) is 2.11. The Labute approximate surface area is 75.2 Å². The van der Waals surface area contributed by atoms with Crippen LogP contribution in [0.2, 0.25) is 0 Å². The maximum Gasteiger partial charge on any atom is 0.311 e. The fourth-order valence-corrected chi connectivity index (χ4v) is 0.724. The van der Waals surface area contributed by atoms with Gasteiger partial charge in [0.2, 0.25) is 5.82 Å². The Morgan fingerprint density at radius 1 is 1.58 bits per heavy atom. The van der Waals surface area contributed by atoms with Gasteiger partial charge in [0.15, 0.2) is 0 Å². The number of hydrogen-bond acceptors (Lipinski definition) is 4.